The van der Waals surface area contributed by atoms with Crippen LogP contribution < -0.4 is 0 Å². The van der Waals surface area contributed by atoms with Gasteiger partial charge < -0.3 is 4.90 Å². The molecule has 0 radical (unpaired) electrons. The Balaban J connectivity index is 1.61. The van der Waals surface area contributed by atoms with Gasteiger partial charge in [-0.05, 0) is 32.2 Å². The predicted molar refractivity (Wildman–Crippen MR) is 58.5 cm³/mol. The fourth-order valence-electron chi connectivity index (χ4n) is 2.94. The number of nitrogens with zero attached hydrogens (tertiary/aromatic N) is 2. The maximum atomic E-state index is 11.9. The van der Waals surface area contributed by atoms with Crippen molar-refractivity contribution in [3.05, 3.63) is 0 Å². The van der Waals surface area contributed by atoms with Crippen molar-refractivity contribution in [1.29, 1.82) is 0 Å². The Morgan fingerprint density at radius 1 is 1.00 bits per heavy atom. The lowest BCUT2D eigenvalue weighted by molar-refractivity contribution is -0.136. The van der Waals surface area contributed by atoms with Crippen molar-refractivity contribution in [1.82, 2.24) is 9.80 Å². The molecule has 0 aromatic carbocycles. The first-order valence-electron chi connectivity index (χ1n) is 6.37. The van der Waals surface area contributed by atoms with E-state index in [4.69, 9.17) is 0 Å². The summed E-state index contributed by atoms with van der Waals surface area (Å²) in [4.78, 5) is 16.7. The van der Waals surface area contributed by atoms with Gasteiger partial charge in [-0.25, -0.2) is 0 Å². The normalized spacial score (nSPS) is 32.5. The number of carbonyl (C=O) groups is 1. The SMILES string of the molecule is O=C(C1CC1)N1CCN2CCCCC2C1. The second-order valence-corrected chi connectivity index (χ2v) is 5.24. The van der Waals surface area contributed by atoms with E-state index in [9.17, 15) is 4.79 Å². The van der Waals surface area contributed by atoms with Gasteiger partial charge in [-0.3, -0.25) is 9.69 Å². The minimum absolute atomic E-state index is 0.403. The number of hydrogen-bond donors (Lipinski definition) is 0. The molecule has 2 heterocycles. The molecule has 0 bridgehead atoms. The molecule has 1 amide bonds. The Morgan fingerprint density at radius 2 is 1.87 bits per heavy atom. The molecular weight excluding hydrogens is 188 g/mol. The van der Waals surface area contributed by atoms with Crippen LogP contribution in [0.3, 0.4) is 0 Å². The zero-order chi connectivity index (χ0) is 10.3. The molecular formula is C12H20N2O. The van der Waals surface area contributed by atoms with Gasteiger partial charge in [0.2, 0.25) is 5.91 Å². The maximum Gasteiger partial charge on any atom is 0.225 e. The number of amides is 1. The van der Waals surface area contributed by atoms with Crippen LogP contribution in [-0.4, -0.2) is 47.9 Å². The standard InChI is InChI=1S/C12H20N2O/c15-12(10-4-5-10)14-8-7-13-6-2-1-3-11(13)9-14/h10-11H,1-9H2. The molecule has 0 N–H and O–H groups in total. The number of fused-ring (bicyclic) bond motifs is 1. The molecule has 1 saturated carbocycles. The van der Waals surface area contributed by atoms with E-state index in [0.29, 0.717) is 17.9 Å². The summed E-state index contributed by atoms with van der Waals surface area (Å²) in [6, 6.07) is 0.676. The number of carbonyl (C=O) groups excluding carboxylic acids is 1. The third-order valence-corrected chi connectivity index (χ3v) is 4.08. The van der Waals surface area contributed by atoms with E-state index in [0.717, 1.165) is 32.5 Å². The van der Waals surface area contributed by atoms with Crippen molar-refractivity contribution in [3.8, 4) is 0 Å². The van der Waals surface area contributed by atoms with E-state index in [1.54, 1.807) is 0 Å². The summed E-state index contributed by atoms with van der Waals surface area (Å²) < 4.78 is 0. The third-order valence-electron chi connectivity index (χ3n) is 4.08. The first-order valence-corrected chi connectivity index (χ1v) is 6.37. The number of hydrogen-bond acceptors (Lipinski definition) is 2. The highest BCUT2D eigenvalue weighted by atomic mass is 16.2. The summed E-state index contributed by atoms with van der Waals surface area (Å²) in [5.41, 5.74) is 0. The van der Waals surface area contributed by atoms with Gasteiger partial charge in [-0.2, -0.15) is 0 Å². The van der Waals surface area contributed by atoms with Crippen molar-refractivity contribution < 1.29 is 4.79 Å². The first kappa shape index (κ1) is 9.64. The first-order chi connectivity index (χ1) is 7.34. The van der Waals surface area contributed by atoms with E-state index in [1.165, 1.54) is 25.8 Å². The molecule has 1 unspecified atom stereocenters. The monoisotopic (exact) mass is 208 g/mol. The quantitative estimate of drug-likeness (QED) is 0.644. The van der Waals surface area contributed by atoms with Crippen LogP contribution in [0.25, 0.3) is 0 Å². The smallest absolute Gasteiger partial charge is 0.225 e. The number of rotatable bonds is 1. The average molecular weight is 208 g/mol. The maximum absolute atomic E-state index is 11.9. The summed E-state index contributed by atoms with van der Waals surface area (Å²) >= 11 is 0. The second-order valence-electron chi connectivity index (χ2n) is 5.24. The third kappa shape index (κ3) is 1.89. The number of piperidine rings is 1. The summed E-state index contributed by atoms with van der Waals surface area (Å²) in [6.45, 7) is 4.36. The molecule has 3 heteroatoms. The van der Waals surface area contributed by atoms with Crippen molar-refractivity contribution in [3.63, 3.8) is 0 Å². The molecule has 0 spiro atoms. The van der Waals surface area contributed by atoms with Crippen molar-refractivity contribution in [2.75, 3.05) is 26.2 Å². The lowest BCUT2D eigenvalue weighted by Gasteiger charge is -2.44. The summed E-state index contributed by atoms with van der Waals surface area (Å²) in [5, 5.41) is 0. The zero-order valence-corrected chi connectivity index (χ0v) is 9.32. The average Bonchev–Trinajstić information content (AvgIpc) is 3.11. The van der Waals surface area contributed by atoms with E-state index in [-0.39, 0.29) is 0 Å². The van der Waals surface area contributed by atoms with Crippen LogP contribution in [0.2, 0.25) is 0 Å². The van der Waals surface area contributed by atoms with Crippen LogP contribution >= 0.6 is 0 Å². The van der Waals surface area contributed by atoms with Gasteiger partial charge in [0, 0.05) is 31.6 Å². The van der Waals surface area contributed by atoms with E-state index in [1.807, 2.05) is 0 Å². The van der Waals surface area contributed by atoms with Gasteiger partial charge in [0.1, 0.15) is 0 Å². The highest BCUT2D eigenvalue weighted by Crippen LogP contribution is 2.32. The molecule has 15 heavy (non-hydrogen) atoms. The van der Waals surface area contributed by atoms with Crippen LogP contribution in [0.4, 0.5) is 0 Å². The summed E-state index contributed by atoms with van der Waals surface area (Å²) in [6.07, 6.45) is 6.29. The lowest BCUT2D eigenvalue weighted by atomic mass is 9.99. The molecule has 3 rings (SSSR count). The summed E-state index contributed by atoms with van der Waals surface area (Å²) in [7, 11) is 0. The number of piperazine rings is 1. The molecule has 0 aromatic rings. The zero-order valence-electron chi connectivity index (χ0n) is 9.32. The minimum atomic E-state index is 0.403. The van der Waals surface area contributed by atoms with Gasteiger partial charge in [0.05, 0.1) is 0 Å². The van der Waals surface area contributed by atoms with Crippen LogP contribution in [0.15, 0.2) is 0 Å². The van der Waals surface area contributed by atoms with Crippen LogP contribution in [0.5, 0.6) is 0 Å². The fraction of sp³-hybridized carbons (Fsp3) is 0.917. The fourth-order valence-corrected chi connectivity index (χ4v) is 2.94. The molecule has 0 aromatic heterocycles. The Bertz CT molecular complexity index is 262. The van der Waals surface area contributed by atoms with Gasteiger partial charge in [0.25, 0.3) is 0 Å². The van der Waals surface area contributed by atoms with Gasteiger partial charge >= 0.3 is 0 Å². The second kappa shape index (κ2) is 3.78. The largest absolute Gasteiger partial charge is 0.340 e. The van der Waals surface area contributed by atoms with Crippen LogP contribution in [0.1, 0.15) is 32.1 Å². The van der Waals surface area contributed by atoms with Crippen LogP contribution in [0, 0.1) is 5.92 Å². The topological polar surface area (TPSA) is 23.6 Å². The van der Waals surface area contributed by atoms with E-state index < -0.39 is 0 Å². The van der Waals surface area contributed by atoms with Crippen molar-refractivity contribution in [2.24, 2.45) is 5.92 Å². The van der Waals surface area contributed by atoms with Crippen molar-refractivity contribution in [2.45, 2.75) is 38.1 Å². The Hall–Kier alpha value is -0.570. The van der Waals surface area contributed by atoms with Gasteiger partial charge in [0.15, 0.2) is 0 Å². The molecule has 3 aliphatic rings. The molecule has 2 saturated heterocycles. The van der Waals surface area contributed by atoms with E-state index >= 15 is 0 Å². The Labute approximate surface area is 91.4 Å². The molecule has 2 aliphatic heterocycles. The molecule has 1 aliphatic carbocycles. The highest BCUT2D eigenvalue weighted by molar-refractivity contribution is 5.81. The van der Waals surface area contributed by atoms with Gasteiger partial charge in [-0.1, -0.05) is 6.42 Å². The lowest BCUT2D eigenvalue weighted by Crippen LogP contribution is -2.56. The molecule has 3 fully saturated rings. The minimum Gasteiger partial charge on any atom is -0.340 e. The highest BCUT2D eigenvalue weighted by Gasteiger charge is 2.37. The molecule has 1 atom stereocenters. The van der Waals surface area contributed by atoms with Gasteiger partial charge in [-0.15, -0.1) is 0 Å². The molecule has 3 nitrogen and oxygen atoms in total. The van der Waals surface area contributed by atoms with Crippen LogP contribution in [-0.2, 0) is 4.79 Å². The Kier molecular flexibility index (Phi) is 2.43. The Morgan fingerprint density at radius 3 is 2.67 bits per heavy atom. The predicted octanol–water partition coefficient (Wildman–Crippen LogP) is 1.09. The van der Waals surface area contributed by atoms with Crippen molar-refractivity contribution >= 4 is 5.91 Å². The van der Waals surface area contributed by atoms with E-state index in [2.05, 4.69) is 9.80 Å². The molecule has 84 valence electrons. The summed E-state index contributed by atoms with van der Waals surface area (Å²) in [5.74, 6) is 0.848.